The third-order valence-corrected chi connectivity index (χ3v) is 4.61. The van der Waals surface area contributed by atoms with Crippen molar-refractivity contribution in [1.82, 2.24) is 9.97 Å². The molecule has 0 aliphatic heterocycles. The van der Waals surface area contributed by atoms with Crippen molar-refractivity contribution in [2.24, 2.45) is 0 Å². The molecule has 0 N–H and O–H groups in total. The maximum Gasteiger partial charge on any atom is 0.149 e. The van der Waals surface area contributed by atoms with Gasteiger partial charge in [0.1, 0.15) is 5.03 Å². The van der Waals surface area contributed by atoms with Gasteiger partial charge in [0.05, 0.1) is 27.9 Å². The zero-order valence-electron chi connectivity index (χ0n) is 13.0. The highest BCUT2D eigenvalue weighted by atomic mass is 32.2. The minimum atomic E-state index is -1.17. The van der Waals surface area contributed by atoms with Crippen LogP contribution in [0.15, 0.2) is 41.6 Å². The predicted octanol–water partition coefficient (Wildman–Crippen LogP) is 4.03. The zero-order chi connectivity index (χ0) is 15.4. The number of aromatic nitrogens is 2. The molecular formula is C17H22N2OS. The second-order valence-corrected chi connectivity index (χ2v) is 7.14. The van der Waals surface area contributed by atoms with Gasteiger partial charge in [0.25, 0.3) is 0 Å². The van der Waals surface area contributed by atoms with E-state index in [9.17, 15) is 4.21 Å². The third-order valence-electron chi connectivity index (χ3n) is 3.28. The molecule has 0 amide bonds. The lowest BCUT2D eigenvalue weighted by Crippen LogP contribution is -2.10. The average molecular weight is 302 g/mol. The van der Waals surface area contributed by atoms with Gasteiger partial charge >= 0.3 is 0 Å². The third kappa shape index (κ3) is 3.97. The van der Waals surface area contributed by atoms with Gasteiger partial charge in [0.15, 0.2) is 0 Å². The van der Waals surface area contributed by atoms with Crippen LogP contribution in [0.3, 0.4) is 0 Å². The highest BCUT2D eigenvalue weighted by Crippen LogP contribution is 2.23. The topological polar surface area (TPSA) is 42.9 Å². The summed E-state index contributed by atoms with van der Waals surface area (Å²) in [5.41, 5.74) is 2.80. The molecule has 2 aromatic rings. The summed E-state index contributed by atoms with van der Waals surface area (Å²) in [7, 11) is -1.17. The van der Waals surface area contributed by atoms with Crippen molar-refractivity contribution < 1.29 is 4.21 Å². The van der Waals surface area contributed by atoms with Crippen molar-refractivity contribution in [2.75, 3.05) is 0 Å². The van der Waals surface area contributed by atoms with Crippen molar-refractivity contribution in [3.05, 3.63) is 53.5 Å². The van der Waals surface area contributed by atoms with Crippen molar-refractivity contribution in [3.8, 4) is 0 Å². The van der Waals surface area contributed by atoms with E-state index in [0.29, 0.717) is 10.8 Å². The second kappa shape index (κ2) is 6.94. The van der Waals surface area contributed by atoms with Crippen LogP contribution in [-0.4, -0.2) is 14.2 Å². The van der Waals surface area contributed by atoms with Crippen molar-refractivity contribution >= 4 is 10.8 Å². The van der Waals surface area contributed by atoms with Crippen molar-refractivity contribution in [3.63, 3.8) is 0 Å². The summed E-state index contributed by atoms with van der Waals surface area (Å²) in [5, 5.41) is 0.639. The summed E-state index contributed by atoms with van der Waals surface area (Å²) < 4.78 is 12.7. The lowest BCUT2D eigenvalue weighted by atomic mass is 10.1. The van der Waals surface area contributed by atoms with Gasteiger partial charge in [0.2, 0.25) is 0 Å². The molecule has 0 saturated heterocycles. The van der Waals surface area contributed by atoms with Crippen LogP contribution in [0.1, 0.15) is 56.5 Å². The molecule has 1 heterocycles. The van der Waals surface area contributed by atoms with Crippen LogP contribution in [0.25, 0.3) is 0 Å². The molecule has 0 radical (unpaired) electrons. The molecule has 1 aromatic heterocycles. The smallest absolute Gasteiger partial charge is 0.149 e. The molecule has 1 atom stereocenters. The molecule has 4 heteroatoms. The van der Waals surface area contributed by atoms with Crippen LogP contribution < -0.4 is 0 Å². The highest BCUT2D eigenvalue weighted by molar-refractivity contribution is 7.84. The molecule has 0 bridgehead atoms. The first kappa shape index (κ1) is 15.8. The van der Waals surface area contributed by atoms with E-state index in [1.807, 2.05) is 36.5 Å². The van der Waals surface area contributed by atoms with Crippen molar-refractivity contribution in [2.45, 2.75) is 50.3 Å². The molecule has 2 rings (SSSR count). The Bertz CT molecular complexity index is 624. The van der Waals surface area contributed by atoms with E-state index in [1.54, 1.807) is 0 Å². The Balaban J connectivity index is 2.35. The second-order valence-electron chi connectivity index (χ2n) is 5.77. The number of benzene rings is 1. The summed E-state index contributed by atoms with van der Waals surface area (Å²) in [4.78, 5) is 9.13. The fraction of sp³-hybridized carbons (Fsp3) is 0.412. The van der Waals surface area contributed by atoms with E-state index in [4.69, 9.17) is 0 Å². The summed E-state index contributed by atoms with van der Waals surface area (Å²) >= 11 is 0. The summed E-state index contributed by atoms with van der Waals surface area (Å²) in [5.74, 6) is 0.983. The van der Waals surface area contributed by atoms with E-state index in [0.717, 1.165) is 17.0 Å². The SMILES string of the molecule is CC(C)c1cnc(C(C)C)c(S(=O)Cc2ccccc2)n1. The fourth-order valence-electron chi connectivity index (χ4n) is 2.03. The standard InChI is InChI=1S/C17H22N2OS/c1-12(2)15-10-18-16(13(3)4)17(19-15)21(20)11-14-8-6-5-7-9-14/h5-10,12-13H,11H2,1-4H3. The molecule has 0 spiro atoms. The zero-order valence-corrected chi connectivity index (χ0v) is 13.9. The number of rotatable bonds is 5. The minimum absolute atomic E-state index is 0.216. The van der Waals surface area contributed by atoms with E-state index < -0.39 is 10.8 Å². The van der Waals surface area contributed by atoms with Gasteiger partial charge in [-0.3, -0.25) is 9.19 Å². The quantitative estimate of drug-likeness (QED) is 0.837. The molecule has 21 heavy (non-hydrogen) atoms. The van der Waals surface area contributed by atoms with Gasteiger partial charge in [-0.1, -0.05) is 58.0 Å². The van der Waals surface area contributed by atoms with Gasteiger partial charge in [-0.25, -0.2) is 4.98 Å². The Morgan fingerprint density at radius 2 is 1.71 bits per heavy atom. The number of hydrogen-bond donors (Lipinski definition) is 0. The highest BCUT2D eigenvalue weighted by Gasteiger charge is 2.18. The number of hydrogen-bond acceptors (Lipinski definition) is 3. The Kier molecular flexibility index (Phi) is 5.23. The first-order valence-electron chi connectivity index (χ1n) is 7.28. The molecule has 0 aliphatic rings. The Labute approximate surface area is 129 Å². The molecule has 1 unspecified atom stereocenters. The van der Waals surface area contributed by atoms with Crippen molar-refractivity contribution in [1.29, 1.82) is 0 Å². The summed E-state index contributed by atoms with van der Waals surface area (Å²) in [6, 6.07) is 9.88. The van der Waals surface area contributed by atoms with Crippen LogP contribution in [0.4, 0.5) is 0 Å². The average Bonchev–Trinajstić information content (AvgIpc) is 2.47. The molecular weight excluding hydrogens is 280 g/mol. The van der Waals surface area contributed by atoms with E-state index in [1.165, 1.54) is 0 Å². The van der Waals surface area contributed by atoms with Crippen LogP contribution in [-0.2, 0) is 16.6 Å². The van der Waals surface area contributed by atoms with Gasteiger partial charge in [-0.2, -0.15) is 0 Å². The van der Waals surface area contributed by atoms with Crippen LogP contribution in [0.2, 0.25) is 0 Å². The lowest BCUT2D eigenvalue weighted by Gasteiger charge is -2.13. The largest absolute Gasteiger partial charge is 0.256 e. The van der Waals surface area contributed by atoms with Gasteiger partial charge in [-0.15, -0.1) is 0 Å². The normalized spacial score (nSPS) is 12.9. The maximum atomic E-state index is 12.7. The first-order valence-corrected chi connectivity index (χ1v) is 8.60. The Hall–Kier alpha value is -1.55. The monoisotopic (exact) mass is 302 g/mol. The minimum Gasteiger partial charge on any atom is -0.256 e. The Morgan fingerprint density at radius 1 is 1.05 bits per heavy atom. The summed E-state index contributed by atoms with van der Waals surface area (Å²) in [6.45, 7) is 8.26. The molecule has 1 aromatic carbocycles. The van der Waals surface area contributed by atoms with Gasteiger partial charge < -0.3 is 0 Å². The molecule has 0 fully saturated rings. The summed E-state index contributed by atoms with van der Waals surface area (Å²) in [6.07, 6.45) is 1.81. The fourth-order valence-corrected chi connectivity index (χ4v) is 3.39. The van der Waals surface area contributed by atoms with Gasteiger partial charge in [-0.05, 0) is 17.4 Å². The van der Waals surface area contributed by atoms with E-state index >= 15 is 0 Å². The van der Waals surface area contributed by atoms with E-state index in [-0.39, 0.29) is 11.8 Å². The Morgan fingerprint density at radius 3 is 2.29 bits per heavy atom. The molecule has 0 saturated carbocycles. The number of nitrogens with zero attached hydrogens (tertiary/aromatic N) is 2. The predicted molar refractivity (Wildman–Crippen MR) is 86.8 cm³/mol. The maximum absolute atomic E-state index is 12.7. The van der Waals surface area contributed by atoms with Gasteiger partial charge in [0, 0.05) is 6.20 Å². The van der Waals surface area contributed by atoms with Crippen LogP contribution in [0, 0.1) is 0 Å². The molecule has 3 nitrogen and oxygen atoms in total. The van der Waals surface area contributed by atoms with Crippen LogP contribution in [0.5, 0.6) is 0 Å². The van der Waals surface area contributed by atoms with Crippen LogP contribution >= 0.6 is 0 Å². The van der Waals surface area contributed by atoms with E-state index in [2.05, 4.69) is 37.7 Å². The molecule has 0 aliphatic carbocycles. The lowest BCUT2D eigenvalue weighted by molar-refractivity contribution is 0.665. The first-order chi connectivity index (χ1) is 9.99. The molecule has 112 valence electrons.